The summed E-state index contributed by atoms with van der Waals surface area (Å²) in [6.07, 6.45) is 3.51. The third-order valence-corrected chi connectivity index (χ3v) is 4.30. The molecule has 0 bridgehead atoms. The van der Waals surface area contributed by atoms with Gasteiger partial charge in [-0.3, -0.25) is 4.98 Å². The maximum atomic E-state index is 8.80. The molecular weight excluding hydrogens is 294 g/mol. The fraction of sp³-hybridized carbons (Fsp3) is 0.125. The van der Waals surface area contributed by atoms with Crippen LogP contribution in [-0.4, -0.2) is 19.7 Å². The molecule has 0 N–H and O–H groups in total. The molecule has 0 saturated heterocycles. The minimum absolute atomic E-state index is 0.672. The second-order valence-electron chi connectivity index (χ2n) is 4.70. The lowest BCUT2D eigenvalue weighted by atomic mass is 10.2. The normalized spacial score (nSPS) is 10.4. The number of rotatable bonds is 4. The number of aromatic nitrogens is 4. The fourth-order valence-electron chi connectivity index (χ4n) is 2.01. The van der Waals surface area contributed by atoms with Gasteiger partial charge in [0.15, 0.2) is 11.0 Å². The Kier molecular flexibility index (Phi) is 4.17. The zero-order valence-electron chi connectivity index (χ0n) is 12.0. The molecule has 0 amide bonds. The van der Waals surface area contributed by atoms with Crippen LogP contribution in [0.2, 0.25) is 0 Å². The van der Waals surface area contributed by atoms with Gasteiger partial charge >= 0.3 is 0 Å². The highest BCUT2D eigenvalue weighted by Crippen LogP contribution is 2.24. The van der Waals surface area contributed by atoms with Gasteiger partial charge in [-0.05, 0) is 29.8 Å². The zero-order valence-corrected chi connectivity index (χ0v) is 12.8. The molecule has 2 aromatic heterocycles. The van der Waals surface area contributed by atoms with E-state index < -0.39 is 0 Å². The van der Waals surface area contributed by atoms with Crippen molar-refractivity contribution in [3.8, 4) is 17.5 Å². The molecule has 0 aliphatic heterocycles. The van der Waals surface area contributed by atoms with Gasteiger partial charge in [0.05, 0.1) is 11.6 Å². The van der Waals surface area contributed by atoms with Crippen LogP contribution in [0.25, 0.3) is 11.4 Å². The summed E-state index contributed by atoms with van der Waals surface area (Å²) in [6, 6.07) is 13.5. The summed E-state index contributed by atoms with van der Waals surface area (Å²) in [5.41, 5.74) is 2.77. The molecule has 2 heterocycles. The third kappa shape index (κ3) is 3.00. The highest BCUT2D eigenvalue weighted by atomic mass is 32.2. The highest BCUT2D eigenvalue weighted by Gasteiger charge is 2.11. The number of benzene rings is 1. The first-order valence-corrected chi connectivity index (χ1v) is 7.68. The Morgan fingerprint density at radius 2 is 2.00 bits per heavy atom. The van der Waals surface area contributed by atoms with Crippen LogP contribution < -0.4 is 0 Å². The Morgan fingerprint density at radius 3 is 2.68 bits per heavy atom. The lowest BCUT2D eigenvalue weighted by molar-refractivity contribution is 0.793. The second-order valence-corrected chi connectivity index (χ2v) is 5.65. The first-order valence-electron chi connectivity index (χ1n) is 6.69. The van der Waals surface area contributed by atoms with Crippen molar-refractivity contribution in [1.82, 2.24) is 19.7 Å². The van der Waals surface area contributed by atoms with Crippen LogP contribution in [0.3, 0.4) is 0 Å². The van der Waals surface area contributed by atoms with Crippen molar-refractivity contribution >= 4 is 11.8 Å². The van der Waals surface area contributed by atoms with E-state index in [1.165, 1.54) is 0 Å². The van der Waals surface area contributed by atoms with E-state index in [0.717, 1.165) is 27.9 Å². The first-order chi connectivity index (χ1) is 10.8. The van der Waals surface area contributed by atoms with E-state index in [-0.39, 0.29) is 0 Å². The zero-order chi connectivity index (χ0) is 15.4. The maximum Gasteiger partial charge on any atom is 0.191 e. The number of hydrogen-bond donors (Lipinski definition) is 0. The first kappa shape index (κ1) is 14.3. The predicted molar refractivity (Wildman–Crippen MR) is 85.0 cm³/mol. The molecule has 0 radical (unpaired) electrons. The van der Waals surface area contributed by atoms with E-state index in [2.05, 4.69) is 21.3 Å². The molecule has 3 aromatic rings. The van der Waals surface area contributed by atoms with Gasteiger partial charge in [-0.2, -0.15) is 5.26 Å². The molecule has 5 nitrogen and oxygen atoms in total. The molecule has 22 heavy (non-hydrogen) atoms. The third-order valence-electron chi connectivity index (χ3n) is 3.21. The Balaban J connectivity index is 1.74. The van der Waals surface area contributed by atoms with Gasteiger partial charge < -0.3 is 4.57 Å². The van der Waals surface area contributed by atoms with Crippen molar-refractivity contribution in [2.45, 2.75) is 10.9 Å². The topological polar surface area (TPSA) is 67.4 Å². The van der Waals surface area contributed by atoms with Crippen molar-refractivity contribution in [1.29, 1.82) is 5.26 Å². The molecule has 3 rings (SSSR count). The summed E-state index contributed by atoms with van der Waals surface area (Å²) >= 11 is 1.62. The van der Waals surface area contributed by atoms with Gasteiger partial charge in [-0.25, -0.2) is 0 Å². The van der Waals surface area contributed by atoms with Crippen LogP contribution in [0.15, 0.2) is 53.9 Å². The van der Waals surface area contributed by atoms with Crippen LogP contribution >= 0.6 is 11.8 Å². The summed E-state index contributed by atoms with van der Waals surface area (Å²) in [4.78, 5) is 4.11. The van der Waals surface area contributed by atoms with E-state index in [1.807, 2.05) is 48.0 Å². The van der Waals surface area contributed by atoms with Crippen molar-refractivity contribution < 1.29 is 0 Å². The standard InChI is InChI=1S/C16H13N5S/c1-21-15(14-3-2-8-18-10-14)19-20-16(21)22-11-13-6-4-12(9-17)5-7-13/h2-8,10H,11H2,1H3. The molecule has 0 fully saturated rings. The van der Waals surface area contributed by atoms with Crippen molar-refractivity contribution in [2.24, 2.45) is 7.05 Å². The van der Waals surface area contributed by atoms with E-state index >= 15 is 0 Å². The van der Waals surface area contributed by atoms with Crippen LogP contribution in [0.1, 0.15) is 11.1 Å². The van der Waals surface area contributed by atoms with Crippen molar-refractivity contribution in [3.63, 3.8) is 0 Å². The maximum absolute atomic E-state index is 8.80. The number of nitrogens with zero attached hydrogens (tertiary/aromatic N) is 5. The van der Waals surface area contributed by atoms with Gasteiger partial charge in [-0.1, -0.05) is 23.9 Å². The Morgan fingerprint density at radius 1 is 1.18 bits per heavy atom. The quantitative estimate of drug-likeness (QED) is 0.693. The molecular formula is C16H13N5S. The van der Waals surface area contributed by atoms with Gasteiger partial charge in [0.25, 0.3) is 0 Å². The average Bonchev–Trinajstić information content (AvgIpc) is 2.95. The van der Waals surface area contributed by atoms with Crippen LogP contribution in [-0.2, 0) is 12.8 Å². The Labute approximate surface area is 132 Å². The minimum Gasteiger partial charge on any atom is -0.305 e. The second kappa shape index (κ2) is 6.41. The summed E-state index contributed by atoms with van der Waals surface area (Å²) in [7, 11) is 1.95. The summed E-state index contributed by atoms with van der Waals surface area (Å²) in [5, 5.41) is 18.1. The fourth-order valence-corrected chi connectivity index (χ4v) is 2.88. The number of hydrogen-bond acceptors (Lipinski definition) is 5. The molecule has 0 aliphatic rings. The largest absolute Gasteiger partial charge is 0.305 e. The molecule has 0 saturated carbocycles. The number of thioether (sulfide) groups is 1. The van der Waals surface area contributed by atoms with Crippen molar-refractivity contribution in [2.75, 3.05) is 0 Å². The average molecular weight is 307 g/mol. The van der Waals surface area contributed by atoms with Crippen LogP contribution in [0, 0.1) is 11.3 Å². The van der Waals surface area contributed by atoms with E-state index in [1.54, 1.807) is 24.2 Å². The van der Waals surface area contributed by atoms with Crippen LogP contribution in [0.4, 0.5) is 0 Å². The Hall–Kier alpha value is -2.65. The molecule has 0 atom stereocenters. The molecule has 0 spiro atoms. The van der Waals surface area contributed by atoms with E-state index in [0.29, 0.717) is 5.56 Å². The van der Waals surface area contributed by atoms with Crippen LogP contribution in [0.5, 0.6) is 0 Å². The molecule has 0 unspecified atom stereocenters. The van der Waals surface area contributed by atoms with Gasteiger partial charge in [-0.15, -0.1) is 10.2 Å². The van der Waals surface area contributed by atoms with Gasteiger partial charge in [0.1, 0.15) is 0 Å². The molecule has 6 heteroatoms. The monoisotopic (exact) mass is 307 g/mol. The summed E-state index contributed by atoms with van der Waals surface area (Å²) < 4.78 is 1.96. The van der Waals surface area contributed by atoms with Gasteiger partial charge in [0.2, 0.25) is 0 Å². The predicted octanol–water partition coefficient (Wildman–Crippen LogP) is 3.04. The molecule has 108 valence electrons. The molecule has 1 aromatic carbocycles. The van der Waals surface area contributed by atoms with E-state index in [9.17, 15) is 0 Å². The summed E-state index contributed by atoms with van der Waals surface area (Å²) in [6.45, 7) is 0. The number of pyridine rings is 1. The lowest BCUT2D eigenvalue weighted by Gasteiger charge is -2.04. The minimum atomic E-state index is 0.672. The smallest absolute Gasteiger partial charge is 0.191 e. The van der Waals surface area contributed by atoms with Gasteiger partial charge in [0, 0.05) is 30.8 Å². The summed E-state index contributed by atoms with van der Waals surface area (Å²) in [5.74, 6) is 1.58. The Bertz CT molecular complexity index is 803. The SMILES string of the molecule is Cn1c(SCc2ccc(C#N)cc2)nnc1-c1cccnc1. The highest BCUT2D eigenvalue weighted by molar-refractivity contribution is 7.98. The molecule has 0 aliphatic carbocycles. The van der Waals surface area contributed by atoms with Crippen molar-refractivity contribution in [3.05, 3.63) is 59.9 Å². The van der Waals surface area contributed by atoms with E-state index in [4.69, 9.17) is 5.26 Å². The lowest BCUT2D eigenvalue weighted by Crippen LogP contribution is -1.95. The number of nitriles is 1.